The number of fused-ring (bicyclic) bond motifs is 2. The van der Waals surface area contributed by atoms with Gasteiger partial charge in [-0.15, -0.1) is 0 Å². The molecule has 0 saturated heterocycles. The van der Waals surface area contributed by atoms with Gasteiger partial charge in [0.15, 0.2) is 5.76 Å². The number of primary amides is 1. The van der Waals surface area contributed by atoms with Crippen LogP contribution in [0.4, 0.5) is 0 Å². The van der Waals surface area contributed by atoms with Crippen LogP contribution < -0.4 is 11.1 Å². The first-order valence-electron chi connectivity index (χ1n) is 12.5. The Hall–Kier alpha value is -3.20. The number of aliphatic hydroxyl groups excluding tert-OH is 1. The number of amides is 1. The Morgan fingerprint density at radius 3 is 2.49 bits per heavy atom. The summed E-state index contributed by atoms with van der Waals surface area (Å²) >= 11 is 0. The summed E-state index contributed by atoms with van der Waals surface area (Å²) in [7, 11) is 1.56. The van der Waals surface area contributed by atoms with E-state index in [0.29, 0.717) is 40.7 Å². The average Bonchev–Trinajstić information content (AvgIpc) is 3.09. The van der Waals surface area contributed by atoms with Crippen molar-refractivity contribution in [2.75, 3.05) is 20.3 Å². The van der Waals surface area contributed by atoms with E-state index in [1.807, 2.05) is 20.8 Å². The molecule has 37 heavy (non-hydrogen) atoms. The average molecular weight is 515 g/mol. The van der Waals surface area contributed by atoms with Gasteiger partial charge in [-0.1, -0.05) is 27.4 Å². The minimum absolute atomic E-state index is 0.0214. The Morgan fingerprint density at radius 2 is 1.95 bits per heavy atom. The largest absolute Gasteiger partial charge is 0.504 e. The van der Waals surface area contributed by atoms with Crippen LogP contribution in [-0.4, -0.2) is 54.9 Å². The van der Waals surface area contributed by atoms with Crippen molar-refractivity contribution in [1.29, 1.82) is 0 Å². The van der Waals surface area contributed by atoms with Gasteiger partial charge in [0.25, 0.3) is 0 Å². The maximum Gasteiger partial charge on any atom is 0.303 e. The standard InChI is InChI=1S/C28H38N2O7/c1-14(2)17(11-30-12-21(29)33)23-26(35)25(34)22-18-8-9-20(32)27(18,5)10-19(37-16(4)31)24(22)28(23,6)15(3)13-36-7/h11,15,18-19,30,35H,1,8-10,12-13H2,2-7H3,(H2,29,33)/b17-11-/t15?,18?,19?,27-,28-/m0/s1. The lowest BCUT2D eigenvalue weighted by Crippen LogP contribution is -2.52. The predicted molar refractivity (Wildman–Crippen MR) is 137 cm³/mol. The Labute approximate surface area is 217 Å². The summed E-state index contributed by atoms with van der Waals surface area (Å²) in [4.78, 5) is 50.6. The molecule has 5 atom stereocenters. The fourth-order valence-corrected chi connectivity index (χ4v) is 6.46. The highest BCUT2D eigenvalue weighted by molar-refractivity contribution is 6.12. The molecule has 4 N–H and O–H groups in total. The molecule has 1 amide bonds. The van der Waals surface area contributed by atoms with Gasteiger partial charge in [-0.3, -0.25) is 19.2 Å². The molecule has 0 spiro atoms. The van der Waals surface area contributed by atoms with E-state index in [0.717, 1.165) is 0 Å². The number of carbonyl (C=O) groups is 4. The number of nitrogens with one attached hydrogen (secondary N) is 1. The Morgan fingerprint density at radius 1 is 1.30 bits per heavy atom. The van der Waals surface area contributed by atoms with Crippen molar-refractivity contribution in [2.24, 2.45) is 28.4 Å². The zero-order valence-electron chi connectivity index (χ0n) is 22.5. The van der Waals surface area contributed by atoms with Crippen LogP contribution in [0.25, 0.3) is 0 Å². The van der Waals surface area contributed by atoms with E-state index in [9.17, 15) is 24.3 Å². The first-order chi connectivity index (χ1) is 17.2. The van der Waals surface area contributed by atoms with E-state index in [4.69, 9.17) is 15.2 Å². The molecule has 3 rings (SSSR count). The molecule has 9 heteroatoms. The van der Waals surface area contributed by atoms with Gasteiger partial charge in [-0.2, -0.15) is 0 Å². The molecular weight excluding hydrogens is 476 g/mol. The van der Waals surface area contributed by atoms with Crippen LogP contribution in [0.1, 0.15) is 53.9 Å². The zero-order chi connectivity index (χ0) is 27.9. The van der Waals surface area contributed by atoms with Gasteiger partial charge in [0.2, 0.25) is 11.7 Å². The lowest BCUT2D eigenvalue weighted by Gasteiger charge is -2.52. The maximum absolute atomic E-state index is 14.0. The Balaban J connectivity index is 2.37. The summed E-state index contributed by atoms with van der Waals surface area (Å²) in [6, 6.07) is 0. The van der Waals surface area contributed by atoms with Gasteiger partial charge >= 0.3 is 5.97 Å². The van der Waals surface area contributed by atoms with Gasteiger partial charge in [0.1, 0.15) is 11.9 Å². The highest BCUT2D eigenvalue weighted by Crippen LogP contribution is 2.62. The van der Waals surface area contributed by atoms with Crippen molar-refractivity contribution >= 4 is 23.4 Å². The fraction of sp³-hybridized carbons (Fsp3) is 0.571. The number of ether oxygens (including phenoxy) is 2. The molecule has 1 fully saturated rings. The molecule has 0 aliphatic heterocycles. The third-order valence-electron chi connectivity index (χ3n) is 8.37. The molecule has 202 valence electrons. The van der Waals surface area contributed by atoms with Crippen molar-refractivity contribution in [1.82, 2.24) is 5.32 Å². The summed E-state index contributed by atoms with van der Waals surface area (Å²) in [5.41, 5.74) is 5.56. The third-order valence-corrected chi connectivity index (χ3v) is 8.37. The number of methoxy groups -OCH3 is 1. The smallest absolute Gasteiger partial charge is 0.303 e. The summed E-state index contributed by atoms with van der Waals surface area (Å²) in [5.74, 6) is -2.83. The van der Waals surface area contributed by atoms with E-state index < -0.39 is 46.3 Å². The van der Waals surface area contributed by atoms with Gasteiger partial charge in [-0.25, -0.2) is 0 Å². The number of hydrogen-bond acceptors (Lipinski definition) is 8. The van der Waals surface area contributed by atoms with Gasteiger partial charge < -0.3 is 25.6 Å². The van der Waals surface area contributed by atoms with E-state index >= 15 is 0 Å². The van der Waals surface area contributed by atoms with Crippen molar-refractivity contribution < 1.29 is 33.8 Å². The van der Waals surface area contributed by atoms with Crippen molar-refractivity contribution in [3.05, 3.63) is 46.4 Å². The summed E-state index contributed by atoms with van der Waals surface area (Å²) < 4.78 is 11.3. The van der Waals surface area contributed by atoms with Crippen LogP contribution in [0.5, 0.6) is 0 Å². The maximum atomic E-state index is 14.0. The highest BCUT2D eigenvalue weighted by atomic mass is 16.5. The topological polar surface area (TPSA) is 145 Å². The van der Waals surface area contributed by atoms with Crippen LogP contribution in [0.15, 0.2) is 46.4 Å². The van der Waals surface area contributed by atoms with Gasteiger partial charge in [0, 0.05) is 73.1 Å². The Bertz CT molecular complexity index is 1150. The van der Waals surface area contributed by atoms with Crippen LogP contribution >= 0.6 is 0 Å². The number of esters is 1. The molecule has 3 unspecified atom stereocenters. The monoisotopic (exact) mass is 514 g/mol. The van der Waals surface area contributed by atoms with Crippen LogP contribution in [0.2, 0.25) is 0 Å². The predicted octanol–water partition coefficient (Wildman–Crippen LogP) is 2.82. The quantitative estimate of drug-likeness (QED) is 0.315. The number of aliphatic hydroxyl groups is 1. The molecule has 0 aromatic rings. The molecule has 3 aliphatic rings. The van der Waals surface area contributed by atoms with E-state index in [1.165, 1.54) is 13.1 Å². The molecule has 0 aromatic carbocycles. The summed E-state index contributed by atoms with van der Waals surface area (Å²) in [6.45, 7) is 12.8. The van der Waals surface area contributed by atoms with Crippen molar-refractivity contribution in [3.63, 3.8) is 0 Å². The number of allylic oxidation sites excluding steroid dienone is 4. The second-order valence-corrected chi connectivity index (χ2v) is 10.9. The minimum atomic E-state index is -1.05. The molecular formula is C28H38N2O7. The number of rotatable bonds is 9. The number of Topliss-reactive ketones (excluding diaryl/α,β-unsaturated/α-hetero) is 2. The van der Waals surface area contributed by atoms with Crippen LogP contribution in [0.3, 0.4) is 0 Å². The van der Waals surface area contributed by atoms with E-state index in [-0.39, 0.29) is 31.3 Å². The van der Waals surface area contributed by atoms with Gasteiger partial charge in [0.05, 0.1) is 6.54 Å². The SMILES string of the molecule is C=C(C)/C(=C/NCC(N)=O)C1=C(O)C(=O)C2=C(C(OC(C)=O)C[C@]3(C)C(=O)CCC23)[C@@]1(C)C(C)COC. The summed E-state index contributed by atoms with van der Waals surface area (Å²) in [6.07, 6.45) is 1.71. The first-order valence-corrected chi connectivity index (χ1v) is 12.5. The number of carbonyl (C=O) groups excluding carboxylic acids is 4. The van der Waals surface area contributed by atoms with E-state index in [1.54, 1.807) is 14.0 Å². The lowest BCUT2D eigenvalue weighted by atomic mass is 9.52. The second kappa shape index (κ2) is 10.3. The molecule has 0 heterocycles. The Kier molecular flexibility index (Phi) is 7.88. The second-order valence-electron chi connectivity index (χ2n) is 10.9. The number of nitrogens with two attached hydrogens (primary N) is 1. The fourth-order valence-electron chi connectivity index (χ4n) is 6.46. The third kappa shape index (κ3) is 4.65. The van der Waals surface area contributed by atoms with Crippen molar-refractivity contribution in [2.45, 2.75) is 60.0 Å². The molecule has 0 bridgehead atoms. The zero-order valence-corrected chi connectivity index (χ0v) is 22.5. The van der Waals surface area contributed by atoms with Crippen LogP contribution in [-0.2, 0) is 28.7 Å². The number of ketones is 2. The minimum Gasteiger partial charge on any atom is -0.504 e. The summed E-state index contributed by atoms with van der Waals surface area (Å²) in [5, 5.41) is 14.4. The molecule has 0 radical (unpaired) electrons. The molecule has 9 nitrogen and oxygen atoms in total. The molecule has 3 aliphatic carbocycles. The highest BCUT2D eigenvalue weighted by Gasteiger charge is 2.61. The lowest BCUT2D eigenvalue weighted by molar-refractivity contribution is -0.150. The van der Waals surface area contributed by atoms with E-state index in [2.05, 4.69) is 11.9 Å². The van der Waals surface area contributed by atoms with Crippen molar-refractivity contribution in [3.8, 4) is 0 Å². The molecule has 1 saturated carbocycles. The van der Waals surface area contributed by atoms with Gasteiger partial charge in [-0.05, 0) is 30.4 Å². The number of hydrogen-bond donors (Lipinski definition) is 3. The molecule has 0 aromatic heterocycles. The van der Waals surface area contributed by atoms with Crippen LogP contribution in [0, 0.1) is 22.7 Å². The normalized spacial score (nSPS) is 30.6. The first kappa shape index (κ1) is 28.4.